The predicted octanol–water partition coefficient (Wildman–Crippen LogP) is 3.72. The van der Waals surface area contributed by atoms with Crippen LogP contribution in [0.2, 0.25) is 0 Å². The van der Waals surface area contributed by atoms with Crippen molar-refractivity contribution in [1.82, 2.24) is 10.3 Å². The maximum absolute atomic E-state index is 14.0. The maximum Gasteiger partial charge on any atom is 0.222 e. The molecule has 1 aliphatic heterocycles. The second-order valence-corrected chi connectivity index (χ2v) is 12.2. The zero-order valence-electron chi connectivity index (χ0n) is 20.0. The minimum atomic E-state index is -3.26. The molecule has 0 saturated carbocycles. The lowest BCUT2D eigenvalue weighted by Crippen LogP contribution is -2.51. The molecular weight excluding hydrogens is 527 g/mol. The zero-order valence-corrected chi connectivity index (χ0v) is 21.6. The van der Waals surface area contributed by atoms with E-state index in [0.29, 0.717) is 22.5 Å². The van der Waals surface area contributed by atoms with E-state index >= 15 is 0 Å². The summed E-state index contributed by atoms with van der Waals surface area (Å²) in [6.07, 6.45) is -0.162. The summed E-state index contributed by atoms with van der Waals surface area (Å²) in [7, 11) is -1.71. The first-order chi connectivity index (χ1) is 17.5. The predicted molar refractivity (Wildman–Crippen MR) is 134 cm³/mol. The van der Waals surface area contributed by atoms with Crippen molar-refractivity contribution >= 4 is 27.1 Å². The van der Waals surface area contributed by atoms with Crippen LogP contribution in [0.3, 0.4) is 0 Å². The number of halogens is 3. The number of nitrogens with one attached hydrogen (secondary N) is 1. The van der Waals surface area contributed by atoms with E-state index in [9.17, 15) is 26.4 Å². The van der Waals surface area contributed by atoms with Crippen molar-refractivity contribution in [2.75, 3.05) is 18.6 Å². The van der Waals surface area contributed by atoms with Crippen LogP contribution in [-0.2, 0) is 26.6 Å². The molecule has 1 atom stereocenters. The summed E-state index contributed by atoms with van der Waals surface area (Å²) in [4.78, 5) is 17.8. The van der Waals surface area contributed by atoms with E-state index in [0.717, 1.165) is 11.6 Å². The summed E-state index contributed by atoms with van der Waals surface area (Å²) in [6, 6.07) is 7.62. The molecule has 3 N–H and O–H groups in total. The summed E-state index contributed by atoms with van der Waals surface area (Å²) >= 11 is 1.30. The Morgan fingerprint density at radius 2 is 1.84 bits per heavy atom. The van der Waals surface area contributed by atoms with Crippen LogP contribution in [0.1, 0.15) is 29.8 Å². The molecule has 0 unspecified atom stereocenters. The first-order valence-corrected chi connectivity index (χ1v) is 14.2. The molecule has 1 saturated heterocycles. The number of thiazole rings is 1. The van der Waals surface area contributed by atoms with E-state index in [1.165, 1.54) is 11.3 Å². The highest BCUT2D eigenvalue weighted by molar-refractivity contribution is 7.91. The van der Waals surface area contributed by atoms with Crippen LogP contribution in [0.25, 0.3) is 11.3 Å². The summed E-state index contributed by atoms with van der Waals surface area (Å²) in [6.45, 7) is 0. The number of hydrogen-bond acceptors (Lipinski definition) is 7. The Bertz CT molecular complexity index is 1400. The Labute approximate surface area is 216 Å². The Hall–Kier alpha value is -2.96. The van der Waals surface area contributed by atoms with E-state index in [1.807, 2.05) is 23.6 Å². The van der Waals surface area contributed by atoms with Gasteiger partial charge in [-0.3, -0.25) is 4.79 Å². The van der Waals surface area contributed by atoms with Gasteiger partial charge in [0.1, 0.15) is 16.6 Å². The first kappa shape index (κ1) is 27.1. The van der Waals surface area contributed by atoms with Gasteiger partial charge in [-0.25, -0.2) is 26.6 Å². The average molecular weight is 554 g/mol. The van der Waals surface area contributed by atoms with E-state index in [4.69, 9.17) is 15.5 Å². The van der Waals surface area contributed by atoms with Crippen LogP contribution in [0.5, 0.6) is 5.75 Å². The number of para-hydroxylation sites is 1. The van der Waals surface area contributed by atoms with Gasteiger partial charge in [0.2, 0.25) is 5.91 Å². The van der Waals surface area contributed by atoms with Crippen LogP contribution in [0.15, 0.2) is 41.8 Å². The minimum Gasteiger partial charge on any atom is -0.496 e. The molecule has 2 aromatic carbocycles. The van der Waals surface area contributed by atoms with Crippen LogP contribution in [0.4, 0.5) is 13.2 Å². The van der Waals surface area contributed by atoms with Crippen molar-refractivity contribution < 1.29 is 31.1 Å². The molecule has 0 radical (unpaired) electrons. The lowest BCUT2D eigenvalue weighted by Gasteiger charge is -2.36. The molecule has 12 heteroatoms. The third-order valence-corrected chi connectivity index (χ3v) is 9.07. The molecule has 0 aliphatic carbocycles. The van der Waals surface area contributed by atoms with Gasteiger partial charge in [0.25, 0.3) is 0 Å². The van der Waals surface area contributed by atoms with Gasteiger partial charge in [-0.05, 0) is 43.0 Å². The number of rotatable bonds is 8. The molecule has 1 aromatic heterocycles. The fraction of sp³-hybridized carbons (Fsp3) is 0.360. The molecule has 1 amide bonds. The van der Waals surface area contributed by atoms with Crippen LogP contribution >= 0.6 is 11.3 Å². The van der Waals surface area contributed by atoms with Gasteiger partial charge in [0, 0.05) is 29.5 Å². The standard InChI is InChI=1S/C25H26F3N3O4S2/c1-35-22-5-3-2-4-17(22)21-14-36-24(30-21)25(6-8-37(33,34)9-7-25)31-23(32)12-16(29)10-15-11-19(27)20(28)13-18(15)26/h2-5,11,13-14,16H,6-10,12,29H2,1H3,(H,31,32)/t16-/m1/s1. The topological polar surface area (TPSA) is 111 Å². The number of nitrogens with two attached hydrogens (primary N) is 1. The molecule has 1 aliphatic rings. The zero-order chi connectivity index (χ0) is 26.8. The number of benzene rings is 2. The summed E-state index contributed by atoms with van der Waals surface area (Å²) in [5, 5.41) is 5.31. The van der Waals surface area contributed by atoms with Crippen molar-refractivity contribution in [2.24, 2.45) is 5.73 Å². The van der Waals surface area contributed by atoms with Crippen LogP contribution in [0, 0.1) is 17.5 Å². The third-order valence-electron chi connectivity index (χ3n) is 6.37. The summed E-state index contributed by atoms with van der Waals surface area (Å²) in [5.74, 6) is -3.56. The van der Waals surface area contributed by atoms with Crippen molar-refractivity contribution in [3.8, 4) is 17.0 Å². The molecule has 198 valence electrons. The highest BCUT2D eigenvalue weighted by Gasteiger charge is 2.42. The Kier molecular flexibility index (Phi) is 7.91. The largest absolute Gasteiger partial charge is 0.496 e. The molecule has 7 nitrogen and oxygen atoms in total. The quantitative estimate of drug-likeness (QED) is 0.412. The number of aromatic nitrogens is 1. The highest BCUT2D eigenvalue weighted by atomic mass is 32.2. The molecule has 1 fully saturated rings. The van der Waals surface area contributed by atoms with Crippen molar-refractivity contribution in [1.29, 1.82) is 0 Å². The Morgan fingerprint density at radius 3 is 2.54 bits per heavy atom. The lowest BCUT2D eigenvalue weighted by atomic mass is 9.92. The van der Waals surface area contributed by atoms with Gasteiger partial charge in [0.05, 0.1) is 29.8 Å². The summed E-state index contributed by atoms with van der Waals surface area (Å²) < 4.78 is 70.5. The number of hydrogen-bond donors (Lipinski definition) is 2. The number of ether oxygens (including phenoxy) is 1. The first-order valence-electron chi connectivity index (χ1n) is 11.5. The van der Waals surface area contributed by atoms with E-state index < -0.39 is 44.8 Å². The third kappa shape index (κ3) is 6.13. The van der Waals surface area contributed by atoms with E-state index in [-0.39, 0.29) is 42.8 Å². The van der Waals surface area contributed by atoms with Gasteiger partial charge < -0.3 is 15.8 Å². The molecule has 37 heavy (non-hydrogen) atoms. The number of amides is 1. The average Bonchev–Trinajstić information content (AvgIpc) is 3.35. The molecule has 3 aromatic rings. The smallest absolute Gasteiger partial charge is 0.222 e. The molecule has 4 rings (SSSR count). The van der Waals surface area contributed by atoms with E-state index in [1.54, 1.807) is 13.2 Å². The SMILES string of the molecule is COc1ccccc1-c1csc(C2(NC(=O)C[C@H](N)Cc3cc(F)c(F)cc3F)CCS(=O)(=O)CC2)n1. The fourth-order valence-electron chi connectivity index (χ4n) is 4.38. The molecule has 2 heterocycles. The molecular formula is C25H26F3N3O4S2. The summed E-state index contributed by atoms with van der Waals surface area (Å²) in [5.41, 5.74) is 6.26. The van der Waals surface area contributed by atoms with Crippen LogP contribution < -0.4 is 15.8 Å². The Balaban J connectivity index is 1.54. The van der Waals surface area contributed by atoms with Gasteiger partial charge in [0.15, 0.2) is 21.5 Å². The van der Waals surface area contributed by atoms with Gasteiger partial charge in [-0.2, -0.15) is 0 Å². The van der Waals surface area contributed by atoms with Crippen molar-refractivity contribution in [3.05, 3.63) is 69.8 Å². The molecule has 0 bridgehead atoms. The van der Waals surface area contributed by atoms with E-state index in [2.05, 4.69) is 5.32 Å². The molecule has 0 spiro atoms. The number of nitrogens with zero attached hydrogens (tertiary/aromatic N) is 1. The minimum absolute atomic E-state index is 0.122. The second-order valence-electron chi connectivity index (χ2n) is 9.05. The Morgan fingerprint density at radius 1 is 1.16 bits per heavy atom. The lowest BCUT2D eigenvalue weighted by molar-refractivity contribution is -0.123. The number of carbonyl (C=O) groups is 1. The van der Waals surface area contributed by atoms with Gasteiger partial charge in [-0.15, -0.1) is 11.3 Å². The van der Waals surface area contributed by atoms with Gasteiger partial charge >= 0.3 is 0 Å². The number of sulfone groups is 1. The van der Waals surface area contributed by atoms with Crippen molar-refractivity contribution in [2.45, 2.75) is 37.3 Å². The number of methoxy groups -OCH3 is 1. The monoisotopic (exact) mass is 553 g/mol. The van der Waals surface area contributed by atoms with Gasteiger partial charge in [-0.1, -0.05) is 12.1 Å². The fourth-order valence-corrected chi connectivity index (χ4v) is 6.94. The second kappa shape index (κ2) is 10.8. The van der Waals surface area contributed by atoms with Crippen molar-refractivity contribution in [3.63, 3.8) is 0 Å². The highest BCUT2D eigenvalue weighted by Crippen LogP contribution is 2.39. The van der Waals surface area contributed by atoms with Crippen LogP contribution in [-0.4, -0.2) is 44.0 Å². The number of carbonyl (C=O) groups excluding carboxylic acids is 1. The normalized spacial score (nSPS) is 17.2. The maximum atomic E-state index is 14.0.